The highest BCUT2D eigenvalue weighted by atomic mass is 16.5. The summed E-state index contributed by atoms with van der Waals surface area (Å²) in [7, 11) is 1.60. The molecule has 118 valence electrons. The second kappa shape index (κ2) is 6.27. The number of ether oxygens (including phenoxy) is 2. The van der Waals surface area contributed by atoms with Gasteiger partial charge in [-0.3, -0.25) is 9.13 Å². The first-order chi connectivity index (χ1) is 10.7. The maximum atomic E-state index is 12.2. The van der Waals surface area contributed by atoms with E-state index in [1.165, 1.54) is 22.0 Å². The van der Waals surface area contributed by atoms with E-state index >= 15 is 0 Å². The van der Waals surface area contributed by atoms with Crippen LogP contribution in [0.15, 0.2) is 35.4 Å². The van der Waals surface area contributed by atoms with Crippen molar-refractivity contribution in [3.8, 4) is 17.2 Å². The Hall–Kier alpha value is -2.21. The van der Waals surface area contributed by atoms with Crippen molar-refractivity contribution < 1.29 is 14.6 Å². The van der Waals surface area contributed by atoms with Crippen LogP contribution < -0.4 is 15.2 Å². The van der Waals surface area contributed by atoms with Crippen molar-refractivity contribution in [2.45, 2.75) is 19.4 Å². The fourth-order valence-corrected chi connectivity index (χ4v) is 2.31. The second-order valence-corrected chi connectivity index (χ2v) is 5.46. The number of hydrogen-bond acceptors (Lipinski definition) is 4. The smallest absolute Gasteiger partial charge is 0.332 e. The molecule has 0 amide bonds. The minimum Gasteiger partial charge on any atom is -0.493 e. The Morgan fingerprint density at radius 3 is 2.77 bits per heavy atom. The first-order valence-corrected chi connectivity index (χ1v) is 7.43. The van der Waals surface area contributed by atoms with Crippen LogP contribution in [0, 0.1) is 5.92 Å². The fourth-order valence-electron chi connectivity index (χ4n) is 2.31. The standard InChI is InChI=1S/C16H20N2O4/c1-21-14-5-4-13(10-15(14)22-11-12-2-3-12)18-7-6-17(8-9-19)16(18)20/h4-7,10,12,19H,2-3,8-9,11H2,1H3. The van der Waals surface area contributed by atoms with Gasteiger partial charge in [-0.15, -0.1) is 0 Å². The molecular weight excluding hydrogens is 284 g/mol. The minimum atomic E-state index is -0.188. The molecule has 1 saturated carbocycles. The molecule has 1 aliphatic rings. The molecule has 0 atom stereocenters. The van der Waals surface area contributed by atoms with E-state index in [9.17, 15) is 4.79 Å². The quantitative estimate of drug-likeness (QED) is 0.840. The maximum Gasteiger partial charge on any atom is 0.332 e. The van der Waals surface area contributed by atoms with E-state index in [4.69, 9.17) is 14.6 Å². The zero-order valence-electron chi connectivity index (χ0n) is 12.6. The van der Waals surface area contributed by atoms with Crippen molar-refractivity contribution in [2.75, 3.05) is 20.3 Å². The van der Waals surface area contributed by atoms with Gasteiger partial charge in [0.15, 0.2) is 11.5 Å². The highest BCUT2D eigenvalue weighted by Crippen LogP contribution is 2.33. The zero-order valence-corrected chi connectivity index (χ0v) is 12.6. The number of methoxy groups -OCH3 is 1. The minimum absolute atomic E-state index is 0.0672. The van der Waals surface area contributed by atoms with E-state index in [2.05, 4.69) is 0 Å². The Balaban J connectivity index is 1.89. The summed E-state index contributed by atoms with van der Waals surface area (Å²) in [6, 6.07) is 5.42. The lowest BCUT2D eigenvalue weighted by molar-refractivity contribution is 0.274. The van der Waals surface area contributed by atoms with Crippen LogP contribution in [0.2, 0.25) is 0 Å². The summed E-state index contributed by atoms with van der Waals surface area (Å²) < 4.78 is 14.1. The van der Waals surface area contributed by atoms with Gasteiger partial charge in [0.2, 0.25) is 0 Å². The molecule has 0 radical (unpaired) electrons. The first kappa shape index (κ1) is 14.7. The molecule has 1 N–H and O–H groups in total. The molecule has 1 aromatic heterocycles. The van der Waals surface area contributed by atoms with E-state index in [0.717, 1.165) is 0 Å². The molecule has 6 nitrogen and oxygen atoms in total. The number of aromatic nitrogens is 2. The predicted octanol–water partition coefficient (Wildman–Crippen LogP) is 1.43. The number of rotatable bonds is 7. The zero-order chi connectivity index (χ0) is 15.5. The van der Waals surface area contributed by atoms with Crippen LogP contribution in [-0.2, 0) is 6.54 Å². The van der Waals surface area contributed by atoms with Gasteiger partial charge < -0.3 is 14.6 Å². The van der Waals surface area contributed by atoms with Gasteiger partial charge in [0.1, 0.15) is 0 Å². The van der Waals surface area contributed by atoms with Gasteiger partial charge in [0, 0.05) is 18.5 Å². The number of hydrogen-bond donors (Lipinski definition) is 1. The van der Waals surface area contributed by atoms with Crippen LogP contribution in [0.1, 0.15) is 12.8 Å². The van der Waals surface area contributed by atoms with Gasteiger partial charge >= 0.3 is 5.69 Å². The number of benzene rings is 1. The van der Waals surface area contributed by atoms with Crippen molar-refractivity contribution in [1.82, 2.24) is 9.13 Å². The molecule has 1 aromatic carbocycles. The summed E-state index contributed by atoms with van der Waals surface area (Å²) >= 11 is 0. The average molecular weight is 304 g/mol. The Morgan fingerprint density at radius 1 is 1.27 bits per heavy atom. The Labute approximate surface area is 128 Å². The summed E-state index contributed by atoms with van der Waals surface area (Å²) in [6.07, 6.45) is 5.77. The van der Waals surface area contributed by atoms with E-state index in [0.29, 0.717) is 29.7 Å². The van der Waals surface area contributed by atoms with Crippen molar-refractivity contribution in [1.29, 1.82) is 0 Å². The number of nitrogens with zero attached hydrogens (tertiary/aromatic N) is 2. The molecule has 0 bridgehead atoms. The Kier molecular flexibility index (Phi) is 4.20. The average Bonchev–Trinajstić information content (AvgIpc) is 3.30. The van der Waals surface area contributed by atoms with Crippen LogP contribution in [0.3, 0.4) is 0 Å². The molecule has 1 heterocycles. The highest BCUT2D eigenvalue weighted by Gasteiger charge is 2.22. The highest BCUT2D eigenvalue weighted by molar-refractivity contribution is 5.48. The molecule has 3 rings (SSSR count). The van der Waals surface area contributed by atoms with Crippen LogP contribution in [-0.4, -0.2) is 34.6 Å². The summed E-state index contributed by atoms with van der Waals surface area (Å²) in [5.41, 5.74) is 0.528. The molecule has 22 heavy (non-hydrogen) atoms. The van der Waals surface area contributed by atoms with Crippen molar-refractivity contribution in [3.63, 3.8) is 0 Å². The molecule has 6 heteroatoms. The van der Waals surface area contributed by atoms with Gasteiger partial charge in [-0.25, -0.2) is 4.79 Å². The van der Waals surface area contributed by atoms with Crippen molar-refractivity contribution in [3.05, 3.63) is 41.1 Å². The Morgan fingerprint density at radius 2 is 2.09 bits per heavy atom. The third-order valence-electron chi connectivity index (χ3n) is 3.79. The maximum absolute atomic E-state index is 12.2. The van der Waals surface area contributed by atoms with Gasteiger partial charge in [-0.1, -0.05) is 0 Å². The topological polar surface area (TPSA) is 65.6 Å². The number of aliphatic hydroxyl groups excluding tert-OH is 1. The SMILES string of the molecule is COc1ccc(-n2ccn(CCO)c2=O)cc1OCC1CC1. The van der Waals surface area contributed by atoms with Gasteiger partial charge in [-0.2, -0.15) is 0 Å². The summed E-state index contributed by atoms with van der Waals surface area (Å²) in [5, 5.41) is 8.96. The predicted molar refractivity (Wildman–Crippen MR) is 81.9 cm³/mol. The van der Waals surface area contributed by atoms with Gasteiger partial charge in [0.25, 0.3) is 0 Å². The molecule has 0 spiro atoms. The van der Waals surface area contributed by atoms with Crippen LogP contribution in [0.4, 0.5) is 0 Å². The van der Waals surface area contributed by atoms with Crippen LogP contribution in [0.5, 0.6) is 11.5 Å². The molecule has 2 aromatic rings. The molecule has 0 saturated heterocycles. The second-order valence-electron chi connectivity index (χ2n) is 5.46. The van der Waals surface area contributed by atoms with E-state index in [1.807, 2.05) is 12.1 Å². The van der Waals surface area contributed by atoms with Crippen LogP contribution >= 0.6 is 0 Å². The van der Waals surface area contributed by atoms with E-state index < -0.39 is 0 Å². The molecular formula is C16H20N2O4. The van der Waals surface area contributed by atoms with Crippen LogP contribution in [0.25, 0.3) is 5.69 Å². The fraction of sp³-hybridized carbons (Fsp3) is 0.438. The van der Waals surface area contributed by atoms with Gasteiger partial charge in [-0.05, 0) is 30.9 Å². The molecule has 0 unspecified atom stereocenters. The monoisotopic (exact) mass is 304 g/mol. The first-order valence-electron chi connectivity index (χ1n) is 7.43. The molecule has 0 aliphatic heterocycles. The lowest BCUT2D eigenvalue weighted by Gasteiger charge is -2.12. The van der Waals surface area contributed by atoms with Crippen molar-refractivity contribution in [2.24, 2.45) is 5.92 Å². The third kappa shape index (κ3) is 3.01. The lowest BCUT2D eigenvalue weighted by Crippen LogP contribution is -2.24. The molecule has 1 fully saturated rings. The Bertz CT molecular complexity index is 700. The number of imidazole rings is 1. The molecule has 1 aliphatic carbocycles. The van der Waals surface area contributed by atoms with Crippen molar-refractivity contribution >= 4 is 0 Å². The lowest BCUT2D eigenvalue weighted by atomic mass is 10.2. The normalized spacial score (nSPS) is 14.1. The summed E-state index contributed by atoms with van der Waals surface area (Å²) in [5.74, 6) is 1.95. The van der Waals surface area contributed by atoms with E-state index in [-0.39, 0.29) is 18.8 Å². The summed E-state index contributed by atoms with van der Waals surface area (Å²) in [6.45, 7) is 0.898. The summed E-state index contributed by atoms with van der Waals surface area (Å²) in [4.78, 5) is 12.2. The van der Waals surface area contributed by atoms with Gasteiger partial charge in [0.05, 0.1) is 32.6 Å². The third-order valence-corrected chi connectivity index (χ3v) is 3.79. The number of aliphatic hydroxyl groups is 1. The van der Waals surface area contributed by atoms with E-state index in [1.54, 1.807) is 25.6 Å². The largest absolute Gasteiger partial charge is 0.493 e.